The predicted molar refractivity (Wildman–Crippen MR) is 99.2 cm³/mol. The number of hydrogen-bond acceptors (Lipinski definition) is 4. The van der Waals surface area contributed by atoms with Crippen LogP contribution in [0.2, 0.25) is 0 Å². The van der Waals surface area contributed by atoms with Crippen LogP contribution in [0.3, 0.4) is 0 Å². The van der Waals surface area contributed by atoms with Gasteiger partial charge in [0.1, 0.15) is 11.4 Å². The molecule has 1 amide bonds. The lowest BCUT2D eigenvalue weighted by atomic mass is 10.1. The predicted octanol–water partition coefficient (Wildman–Crippen LogP) is 4.33. The minimum absolute atomic E-state index is 0.202. The lowest BCUT2D eigenvalue weighted by Crippen LogP contribution is -2.29. The Balaban J connectivity index is 1.60. The molecule has 0 radical (unpaired) electrons. The highest BCUT2D eigenvalue weighted by Crippen LogP contribution is 2.34. The molecule has 0 spiro atoms. The number of hydrogen-bond donors (Lipinski definition) is 1. The van der Waals surface area contributed by atoms with E-state index in [-0.39, 0.29) is 17.0 Å². The van der Waals surface area contributed by atoms with Crippen molar-refractivity contribution in [3.8, 4) is 11.3 Å². The maximum atomic E-state index is 13.0. The third-order valence-electron chi connectivity index (χ3n) is 5.10. The van der Waals surface area contributed by atoms with Crippen molar-refractivity contribution in [3.63, 3.8) is 0 Å². The van der Waals surface area contributed by atoms with Gasteiger partial charge in [-0.15, -0.1) is 0 Å². The van der Waals surface area contributed by atoms with Crippen molar-refractivity contribution in [1.82, 2.24) is 25.1 Å². The second kappa shape index (κ2) is 7.61. The highest BCUT2D eigenvalue weighted by molar-refractivity contribution is 5.93. The zero-order valence-electron chi connectivity index (χ0n) is 16.4. The van der Waals surface area contributed by atoms with Gasteiger partial charge in [0.05, 0.1) is 17.4 Å². The van der Waals surface area contributed by atoms with Crippen molar-refractivity contribution in [2.45, 2.75) is 31.2 Å². The van der Waals surface area contributed by atoms with Crippen LogP contribution in [0, 0.1) is 0 Å². The fourth-order valence-electron chi connectivity index (χ4n) is 3.55. The van der Waals surface area contributed by atoms with Gasteiger partial charge in [-0.2, -0.15) is 31.4 Å². The molecule has 0 aliphatic heterocycles. The Morgan fingerprint density at radius 2 is 1.78 bits per heavy atom. The van der Waals surface area contributed by atoms with Gasteiger partial charge in [0, 0.05) is 24.9 Å². The minimum atomic E-state index is -4.69. The summed E-state index contributed by atoms with van der Waals surface area (Å²) in [7, 11) is 1.23. The quantitative estimate of drug-likeness (QED) is 0.597. The first-order valence-corrected chi connectivity index (χ1v) is 9.39. The molecule has 4 rings (SSSR count). The van der Waals surface area contributed by atoms with E-state index in [1.165, 1.54) is 13.1 Å². The third kappa shape index (κ3) is 4.16. The first-order chi connectivity index (χ1) is 14.9. The lowest BCUT2D eigenvalue weighted by molar-refractivity contribution is -0.142. The van der Waals surface area contributed by atoms with Crippen molar-refractivity contribution in [1.29, 1.82) is 0 Å². The molecular formula is C20H15F6N5O. The molecular weight excluding hydrogens is 440 g/mol. The number of aryl methyl sites for hydroxylation is 2. The summed E-state index contributed by atoms with van der Waals surface area (Å²) in [6, 6.07) is 5.61. The van der Waals surface area contributed by atoms with Crippen LogP contribution in [0.1, 0.15) is 45.6 Å². The lowest BCUT2D eigenvalue weighted by Gasteiger charge is -2.14. The molecule has 168 valence electrons. The van der Waals surface area contributed by atoms with Gasteiger partial charge in [-0.05, 0) is 36.6 Å². The van der Waals surface area contributed by atoms with Gasteiger partial charge in [0.25, 0.3) is 5.91 Å². The van der Waals surface area contributed by atoms with E-state index in [1.54, 1.807) is 12.1 Å². The zero-order chi connectivity index (χ0) is 23.3. The van der Waals surface area contributed by atoms with Crippen LogP contribution in [0.5, 0.6) is 0 Å². The highest BCUT2D eigenvalue weighted by atomic mass is 19.4. The van der Waals surface area contributed by atoms with Gasteiger partial charge < -0.3 is 5.32 Å². The first kappa shape index (κ1) is 21.8. The average molecular weight is 455 g/mol. The van der Waals surface area contributed by atoms with Crippen LogP contribution in [0.15, 0.2) is 36.5 Å². The maximum Gasteiger partial charge on any atom is 0.435 e. The summed E-state index contributed by atoms with van der Waals surface area (Å²) in [4.78, 5) is 20.3. The van der Waals surface area contributed by atoms with E-state index in [4.69, 9.17) is 0 Å². The van der Waals surface area contributed by atoms with E-state index >= 15 is 0 Å². The zero-order valence-corrected chi connectivity index (χ0v) is 16.4. The number of carbonyl (C=O) groups excluding carboxylic acids is 1. The monoisotopic (exact) mass is 455 g/mol. The summed E-state index contributed by atoms with van der Waals surface area (Å²) in [5, 5.41) is 5.97. The molecule has 12 heteroatoms. The highest BCUT2D eigenvalue weighted by Gasteiger charge is 2.36. The van der Waals surface area contributed by atoms with Gasteiger partial charge in [-0.1, -0.05) is 6.07 Å². The van der Waals surface area contributed by atoms with Gasteiger partial charge in [-0.25, -0.2) is 0 Å². The summed E-state index contributed by atoms with van der Waals surface area (Å²) in [6.45, 7) is 0. The van der Waals surface area contributed by atoms with E-state index in [9.17, 15) is 31.1 Å². The topological polar surface area (TPSA) is 72.7 Å². The third-order valence-corrected chi connectivity index (χ3v) is 5.10. The molecule has 0 fully saturated rings. The number of carbonyl (C=O) groups is 1. The Morgan fingerprint density at radius 1 is 1.06 bits per heavy atom. The van der Waals surface area contributed by atoms with Crippen molar-refractivity contribution in [3.05, 3.63) is 64.9 Å². The second-order valence-electron chi connectivity index (χ2n) is 7.27. The molecule has 0 saturated carbocycles. The molecule has 3 aromatic rings. The molecule has 32 heavy (non-hydrogen) atoms. The Labute approximate surface area is 177 Å². The number of pyridine rings is 2. The largest absolute Gasteiger partial charge is 0.435 e. The summed E-state index contributed by atoms with van der Waals surface area (Å²) in [5.41, 5.74) is -0.795. The number of aromatic nitrogens is 4. The smallest absolute Gasteiger partial charge is 0.342 e. The summed E-state index contributed by atoms with van der Waals surface area (Å²) < 4.78 is 78.3. The van der Waals surface area contributed by atoms with Gasteiger partial charge in [0.2, 0.25) is 0 Å². The molecule has 0 aromatic carbocycles. The fourth-order valence-corrected chi connectivity index (χ4v) is 3.55. The second-order valence-corrected chi connectivity index (χ2v) is 7.27. The minimum Gasteiger partial charge on any atom is -0.342 e. The van der Waals surface area contributed by atoms with Gasteiger partial charge >= 0.3 is 12.4 Å². The Kier molecular flexibility index (Phi) is 5.18. The van der Waals surface area contributed by atoms with Crippen molar-refractivity contribution in [2.24, 2.45) is 7.05 Å². The van der Waals surface area contributed by atoms with Gasteiger partial charge in [-0.3, -0.25) is 19.4 Å². The molecule has 1 atom stereocenters. The number of nitrogens with zero attached hydrogens (tertiary/aromatic N) is 4. The van der Waals surface area contributed by atoms with E-state index in [1.807, 2.05) is 0 Å². The van der Waals surface area contributed by atoms with Crippen LogP contribution >= 0.6 is 0 Å². The number of halogens is 6. The average Bonchev–Trinajstić information content (AvgIpc) is 3.30. The molecule has 1 aliphatic rings. The van der Waals surface area contributed by atoms with Crippen LogP contribution in [-0.2, 0) is 25.8 Å². The Morgan fingerprint density at radius 3 is 2.44 bits per heavy atom. The SMILES string of the molecule is Cn1nc(C(F)(F)F)cc1C(=O)N[C@@H]1CCc2ccc(-c3ccnc(C(F)(F)F)c3)nc21. The Hall–Kier alpha value is -3.44. The molecule has 1 aliphatic carbocycles. The number of rotatable bonds is 3. The van der Waals surface area contributed by atoms with E-state index in [0.717, 1.165) is 22.5 Å². The number of nitrogens with one attached hydrogen (secondary N) is 1. The van der Waals surface area contributed by atoms with Crippen LogP contribution in [0.25, 0.3) is 11.3 Å². The molecule has 0 saturated heterocycles. The number of alkyl halides is 6. The van der Waals surface area contributed by atoms with E-state index in [2.05, 4.69) is 20.4 Å². The van der Waals surface area contributed by atoms with Crippen molar-refractivity contribution < 1.29 is 31.1 Å². The Bertz CT molecular complexity index is 1180. The summed E-state index contributed by atoms with van der Waals surface area (Å²) in [6.07, 6.45) is -7.26. The molecule has 3 heterocycles. The van der Waals surface area contributed by atoms with Crippen LogP contribution in [0.4, 0.5) is 26.3 Å². The van der Waals surface area contributed by atoms with Crippen molar-refractivity contribution >= 4 is 5.91 Å². The molecule has 6 nitrogen and oxygen atoms in total. The normalized spacial score (nSPS) is 16.2. The standard InChI is InChI=1S/C20H15F6N5O/c1-31-14(9-16(30-31)20(24,25)26)18(32)29-13-5-3-10-2-4-12(28-17(10)13)11-6-7-27-15(8-11)19(21,22)23/h2,4,6-9,13H,3,5H2,1H3,(H,29,32)/t13-/m1/s1. The fraction of sp³-hybridized carbons (Fsp3) is 0.300. The molecule has 0 bridgehead atoms. The number of fused-ring (bicyclic) bond motifs is 1. The van der Waals surface area contributed by atoms with Crippen LogP contribution < -0.4 is 5.32 Å². The van der Waals surface area contributed by atoms with Crippen molar-refractivity contribution in [2.75, 3.05) is 0 Å². The molecule has 1 N–H and O–H groups in total. The van der Waals surface area contributed by atoms with E-state index < -0.39 is 35.7 Å². The van der Waals surface area contributed by atoms with Gasteiger partial charge in [0.15, 0.2) is 5.69 Å². The summed E-state index contributed by atoms with van der Waals surface area (Å²) >= 11 is 0. The summed E-state index contributed by atoms with van der Waals surface area (Å²) in [5.74, 6) is -0.760. The number of amides is 1. The van der Waals surface area contributed by atoms with E-state index in [0.29, 0.717) is 24.6 Å². The van der Waals surface area contributed by atoms with Crippen LogP contribution in [-0.4, -0.2) is 25.7 Å². The molecule has 3 aromatic heterocycles. The molecule has 0 unspecified atom stereocenters. The first-order valence-electron chi connectivity index (χ1n) is 9.39. The maximum absolute atomic E-state index is 13.0.